The van der Waals surface area contributed by atoms with Crippen LogP contribution in [0.5, 0.6) is 5.88 Å². The zero-order chi connectivity index (χ0) is 9.68. The molecule has 0 aromatic carbocycles. The van der Waals surface area contributed by atoms with Crippen LogP contribution in [0.2, 0.25) is 0 Å². The number of nitrogens with zero attached hydrogens (tertiary/aromatic N) is 2. The fraction of sp³-hybridized carbons (Fsp3) is 0.125. The third-order valence-electron chi connectivity index (χ3n) is 1.40. The quantitative estimate of drug-likeness (QED) is 0.322. The first-order valence-electron chi connectivity index (χ1n) is 3.49. The largest absolute Gasteiger partial charge is 0.481 e. The monoisotopic (exact) mass is 180 g/mol. The lowest BCUT2D eigenvalue weighted by Crippen LogP contribution is -2.01. The Hall–Kier alpha value is -1.91. The van der Waals surface area contributed by atoms with Crippen molar-refractivity contribution in [2.24, 2.45) is 5.16 Å². The summed E-state index contributed by atoms with van der Waals surface area (Å²) in [4.78, 5) is 14.9. The molecule has 5 heteroatoms. The Labute approximate surface area is 74.7 Å². The van der Waals surface area contributed by atoms with Crippen LogP contribution in [-0.2, 0) is 0 Å². The Kier molecular flexibility index (Phi) is 2.97. The Morgan fingerprint density at radius 2 is 2.46 bits per heavy atom. The van der Waals surface area contributed by atoms with Crippen LogP contribution in [-0.4, -0.2) is 29.3 Å². The molecule has 1 rings (SSSR count). The fourth-order valence-corrected chi connectivity index (χ4v) is 0.774. The lowest BCUT2D eigenvalue weighted by molar-refractivity contribution is 0.106. The van der Waals surface area contributed by atoms with E-state index < -0.39 is 5.78 Å². The van der Waals surface area contributed by atoms with Crippen LogP contribution in [0.15, 0.2) is 23.5 Å². The second-order valence-electron chi connectivity index (χ2n) is 2.20. The molecule has 0 aliphatic rings. The summed E-state index contributed by atoms with van der Waals surface area (Å²) in [6.07, 6.45) is 2.16. The van der Waals surface area contributed by atoms with Crippen LogP contribution in [0.4, 0.5) is 0 Å². The van der Waals surface area contributed by atoms with Gasteiger partial charge in [-0.3, -0.25) is 4.79 Å². The highest BCUT2D eigenvalue weighted by molar-refractivity contribution is 6.35. The Balaban J connectivity index is 2.85. The Bertz CT molecular complexity index is 319. The number of hydrogen-bond acceptors (Lipinski definition) is 5. The molecule has 0 aliphatic carbocycles. The molecule has 0 aliphatic heterocycles. The van der Waals surface area contributed by atoms with Crippen LogP contribution in [0.1, 0.15) is 10.4 Å². The summed E-state index contributed by atoms with van der Waals surface area (Å²) in [5.74, 6) is 0.0233. The van der Waals surface area contributed by atoms with Gasteiger partial charge in [0.05, 0.1) is 7.11 Å². The van der Waals surface area contributed by atoms with E-state index in [4.69, 9.17) is 9.94 Å². The zero-order valence-corrected chi connectivity index (χ0v) is 6.97. The van der Waals surface area contributed by atoms with E-state index in [1.54, 1.807) is 6.07 Å². The number of ketones is 1. The lowest BCUT2D eigenvalue weighted by atomic mass is 10.2. The number of oxime groups is 1. The van der Waals surface area contributed by atoms with E-state index in [-0.39, 0.29) is 0 Å². The van der Waals surface area contributed by atoms with Gasteiger partial charge in [-0.25, -0.2) is 4.98 Å². The van der Waals surface area contributed by atoms with E-state index in [9.17, 15) is 4.79 Å². The van der Waals surface area contributed by atoms with Gasteiger partial charge in [0.2, 0.25) is 11.7 Å². The second-order valence-corrected chi connectivity index (χ2v) is 2.20. The molecule has 0 atom stereocenters. The van der Waals surface area contributed by atoms with E-state index in [1.807, 2.05) is 0 Å². The number of methoxy groups -OCH3 is 1. The maximum atomic E-state index is 11.1. The average molecular weight is 180 g/mol. The molecule has 1 heterocycles. The van der Waals surface area contributed by atoms with Gasteiger partial charge in [-0.15, -0.1) is 0 Å². The number of aromatic nitrogens is 1. The van der Waals surface area contributed by atoms with E-state index in [0.717, 1.165) is 6.21 Å². The van der Waals surface area contributed by atoms with E-state index in [1.165, 1.54) is 19.4 Å². The molecule has 13 heavy (non-hydrogen) atoms. The number of ether oxygens (including phenoxy) is 1. The van der Waals surface area contributed by atoms with E-state index in [2.05, 4.69) is 10.1 Å². The first-order valence-corrected chi connectivity index (χ1v) is 3.49. The first kappa shape index (κ1) is 9.18. The zero-order valence-electron chi connectivity index (χ0n) is 6.97. The van der Waals surface area contributed by atoms with Crippen molar-refractivity contribution >= 4 is 12.0 Å². The summed E-state index contributed by atoms with van der Waals surface area (Å²) in [5, 5.41) is 10.7. The number of carbonyl (C=O) groups excluding carboxylic acids is 1. The molecule has 1 aromatic rings. The molecule has 0 spiro atoms. The van der Waals surface area contributed by atoms with Crippen molar-refractivity contribution in [2.45, 2.75) is 0 Å². The van der Waals surface area contributed by atoms with E-state index >= 15 is 0 Å². The van der Waals surface area contributed by atoms with E-state index in [0.29, 0.717) is 11.4 Å². The number of hydrogen-bond donors (Lipinski definition) is 1. The minimum absolute atomic E-state index is 0.346. The van der Waals surface area contributed by atoms with Crippen molar-refractivity contribution in [3.05, 3.63) is 23.9 Å². The van der Waals surface area contributed by atoms with Gasteiger partial charge in [0.25, 0.3) is 0 Å². The van der Waals surface area contributed by atoms with Crippen molar-refractivity contribution in [1.82, 2.24) is 4.98 Å². The molecule has 0 bridgehead atoms. The highest BCUT2D eigenvalue weighted by atomic mass is 16.5. The number of carbonyl (C=O) groups is 1. The molecular formula is C8H8N2O3. The van der Waals surface area contributed by atoms with Gasteiger partial charge >= 0.3 is 0 Å². The Morgan fingerprint density at radius 1 is 1.69 bits per heavy atom. The normalized spacial score (nSPS) is 10.2. The molecule has 1 aromatic heterocycles. The topological polar surface area (TPSA) is 71.8 Å². The standard InChI is InChI=1S/C8H8N2O3/c1-13-8-3-2-6(4-9-8)7(11)5-10-12/h2-5,12H,1H3/b10-5+. The van der Waals surface area contributed by atoms with Gasteiger partial charge in [0, 0.05) is 17.8 Å². The van der Waals surface area contributed by atoms with Crippen molar-refractivity contribution in [3.8, 4) is 5.88 Å². The van der Waals surface area contributed by atoms with Crippen LogP contribution in [0, 0.1) is 0 Å². The average Bonchev–Trinajstić information content (AvgIpc) is 2.18. The SMILES string of the molecule is COc1ccc(C(=O)/C=N/O)cn1. The van der Waals surface area contributed by atoms with Gasteiger partial charge in [0.15, 0.2) is 0 Å². The maximum absolute atomic E-state index is 11.1. The molecule has 0 unspecified atom stereocenters. The molecule has 0 radical (unpaired) electrons. The third-order valence-corrected chi connectivity index (χ3v) is 1.40. The van der Waals surface area contributed by atoms with Crippen molar-refractivity contribution in [2.75, 3.05) is 7.11 Å². The number of rotatable bonds is 3. The predicted octanol–water partition coefficient (Wildman–Crippen LogP) is 0.733. The van der Waals surface area contributed by atoms with Gasteiger partial charge in [-0.05, 0) is 6.07 Å². The molecular weight excluding hydrogens is 172 g/mol. The highest BCUT2D eigenvalue weighted by Crippen LogP contribution is 2.06. The minimum atomic E-state index is -0.405. The number of pyridine rings is 1. The summed E-state index contributed by atoms with van der Waals surface area (Å²) in [5.41, 5.74) is 0.346. The van der Waals surface area contributed by atoms with Gasteiger partial charge < -0.3 is 9.94 Å². The summed E-state index contributed by atoms with van der Waals surface area (Å²) in [6, 6.07) is 3.09. The Morgan fingerprint density at radius 3 is 2.92 bits per heavy atom. The summed E-state index contributed by atoms with van der Waals surface area (Å²) in [6.45, 7) is 0. The van der Waals surface area contributed by atoms with Crippen molar-refractivity contribution < 1.29 is 14.7 Å². The van der Waals surface area contributed by atoms with Crippen molar-refractivity contribution in [3.63, 3.8) is 0 Å². The molecule has 5 nitrogen and oxygen atoms in total. The summed E-state index contributed by atoms with van der Waals surface area (Å²) in [7, 11) is 1.49. The molecule has 68 valence electrons. The fourth-order valence-electron chi connectivity index (χ4n) is 0.774. The smallest absolute Gasteiger partial charge is 0.212 e. The maximum Gasteiger partial charge on any atom is 0.212 e. The molecule has 1 N–H and O–H groups in total. The summed E-state index contributed by atoms with van der Waals surface area (Å²) < 4.78 is 4.80. The second kappa shape index (κ2) is 4.20. The highest BCUT2D eigenvalue weighted by Gasteiger charge is 2.02. The molecule has 0 amide bonds. The number of Topliss-reactive ketones (excluding diaryl/α,β-unsaturated/α-hetero) is 1. The lowest BCUT2D eigenvalue weighted by Gasteiger charge is -1.97. The van der Waals surface area contributed by atoms with Gasteiger partial charge in [-0.2, -0.15) is 0 Å². The van der Waals surface area contributed by atoms with Crippen LogP contribution in [0.3, 0.4) is 0 Å². The van der Waals surface area contributed by atoms with Gasteiger partial charge in [0.1, 0.15) is 6.21 Å². The molecule has 0 fully saturated rings. The van der Waals surface area contributed by atoms with Gasteiger partial charge in [-0.1, -0.05) is 5.16 Å². The van der Waals surface area contributed by atoms with Crippen LogP contribution >= 0.6 is 0 Å². The molecule has 0 saturated carbocycles. The molecule has 0 saturated heterocycles. The van der Waals surface area contributed by atoms with Crippen molar-refractivity contribution in [1.29, 1.82) is 0 Å². The predicted molar refractivity (Wildman–Crippen MR) is 45.4 cm³/mol. The minimum Gasteiger partial charge on any atom is -0.481 e. The third kappa shape index (κ3) is 2.26. The first-order chi connectivity index (χ1) is 6.27. The van der Waals surface area contributed by atoms with Crippen LogP contribution < -0.4 is 4.74 Å². The summed E-state index contributed by atoms with van der Waals surface area (Å²) >= 11 is 0. The van der Waals surface area contributed by atoms with Crippen LogP contribution in [0.25, 0.3) is 0 Å².